The van der Waals surface area contributed by atoms with Gasteiger partial charge in [-0.1, -0.05) is 58.8 Å². The topological polar surface area (TPSA) is 82.5 Å². The fourth-order valence-electron chi connectivity index (χ4n) is 3.67. The number of hydrogen-bond donors (Lipinski definition) is 0. The molecule has 3 rings (SSSR count). The summed E-state index contributed by atoms with van der Waals surface area (Å²) < 4.78 is 1.42. The summed E-state index contributed by atoms with van der Waals surface area (Å²) in [5, 5.41) is 8.47. The van der Waals surface area contributed by atoms with Gasteiger partial charge in [0.25, 0.3) is 0 Å². The third-order valence-electron chi connectivity index (χ3n) is 5.77. The van der Waals surface area contributed by atoms with Crippen molar-refractivity contribution in [2.24, 2.45) is 0 Å². The molecule has 5 nitrogen and oxygen atoms in total. The summed E-state index contributed by atoms with van der Waals surface area (Å²) in [6.45, 7) is 15.0. The predicted octanol–water partition coefficient (Wildman–Crippen LogP) is 9.96. The largest absolute Gasteiger partial charge is 0.696 e. The van der Waals surface area contributed by atoms with E-state index in [1.165, 1.54) is 92.3 Å². The minimum atomic E-state index is 0. The standard InChI is InChI=1S/C16H36N.3C6H5.CHNS.N3.Pb/c1-5-9-13-17(14-10-6-2,15-11-7-3)16-12-8-4;3*1-2-4-6-5-3-1;2-1-3;1-3-2;/h5-16H2,1-4H3;3*1-5H;3H;;/q+1;3*-1;;-1;/p-1. The molecular formula is C35H51N5PbS-4. The van der Waals surface area contributed by atoms with Crippen molar-refractivity contribution >= 4 is 39.9 Å². The van der Waals surface area contributed by atoms with Gasteiger partial charge in [0.05, 0.1) is 26.2 Å². The van der Waals surface area contributed by atoms with E-state index in [4.69, 9.17) is 16.3 Å². The maximum atomic E-state index is 7.13. The van der Waals surface area contributed by atoms with Gasteiger partial charge in [-0.25, -0.2) is 5.26 Å². The molecule has 7 heteroatoms. The van der Waals surface area contributed by atoms with E-state index < -0.39 is 0 Å². The van der Waals surface area contributed by atoms with E-state index in [0.717, 1.165) is 0 Å². The van der Waals surface area contributed by atoms with Crippen molar-refractivity contribution in [1.29, 1.82) is 5.26 Å². The maximum absolute atomic E-state index is 7.13. The molecule has 0 amide bonds. The number of thiocyanates is 1. The molecule has 0 aliphatic rings. The van der Waals surface area contributed by atoms with E-state index in [-0.39, 0.29) is 27.3 Å². The van der Waals surface area contributed by atoms with Crippen LogP contribution in [0.2, 0.25) is 0 Å². The van der Waals surface area contributed by atoms with E-state index in [0.29, 0.717) is 0 Å². The Kier molecular flexibility index (Phi) is 47.6. The maximum Gasteiger partial charge on any atom is 0.0786 e. The molecule has 0 saturated heterocycles. The van der Waals surface area contributed by atoms with E-state index in [9.17, 15) is 0 Å². The summed E-state index contributed by atoms with van der Waals surface area (Å²) >= 11 is 3.70. The average molecular weight is 781 g/mol. The normalized spacial score (nSPS) is 8.64. The zero-order valence-electron chi connectivity index (χ0n) is 26.3. The fraction of sp³-hybridized carbons (Fsp3) is 0.457. The second-order valence-corrected chi connectivity index (χ2v) is 9.25. The first-order valence-electron chi connectivity index (χ1n) is 14.7. The van der Waals surface area contributed by atoms with Gasteiger partial charge in [-0.2, -0.15) is 109 Å². The van der Waals surface area contributed by atoms with Gasteiger partial charge in [-0.15, -0.1) is 0 Å². The molecule has 0 atom stereocenters. The van der Waals surface area contributed by atoms with Crippen LogP contribution >= 0.6 is 0 Å². The van der Waals surface area contributed by atoms with Crippen LogP contribution in [0.25, 0.3) is 16.0 Å². The number of nitriles is 1. The molecule has 0 spiro atoms. The molecule has 0 fully saturated rings. The summed E-state index contributed by atoms with van der Waals surface area (Å²) in [6.07, 6.45) is 11.1. The van der Waals surface area contributed by atoms with Crippen molar-refractivity contribution in [2.45, 2.75) is 79.1 Å². The molecule has 0 saturated carbocycles. The van der Waals surface area contributed by atoms with Crippen LogP contribution in [0.1, 0.15) is 79.1 Å². The van der Waals surface area contributed by atoms with E-state index >= 15 is 0 Å². The van der Waals surface area contributed by atoms with Gasteiger partial charge in [0.1, 0.15) is 0 Å². The zero-order valence-corrected chi connectivity index (χ0v) is 31.0. The van der Waals surface area contributed by atoms with E-state index in [1.54, 1.807) is 0 Å². The summed E-state index contributed by atoms with van der Waals surface area (Å²) in [6, 6.07) is 37.5. The van der Waals surface area contributed by atoms with E-state index in [2.05, 4.69) is 58.5 Å². The van der Waals surface area contributed by atoms with Crippen molar-refractivity contribution in [2.75, 3.05) is 26.2 Å². The molecule has 3 aromatic carbocycles. The third kappa shape index (κ3) is 39.7. The van der Waals surface area contributed by atoms with Gasteiger partial charge < -0.3 is 28.2 Å². The second kappa shape index (κ2) is 43.0. The van der Waals surface area contributed by atoms with Crippen LogP contribution < -0.4 is 0 Å². The molecule has 0 unspecified atom stereocenters. The molecule has 0 bridgehead atoms. The Hall–Kier alpha value is -2.44. The Morgan fingerprint density at radius 3 is 0.857 bits per heavy atom. The summed E-state index contributed by atoms with van der Waals surface area (Å²) in [5.74, 6) is 0. The fourth-order valence-corrected chi connectivity index (χ4v) is 3.67. The average Bonchev–Trinajstić information content (AvgIpc) is 3.04. The van der Waals surface area contributed by atoms with Gasteiger partial charge in [0.15, 0.2) is 0 Å². The quantitative estimate of drug-likeness (QED) is 0.0268. The molecule has 4 radical (unpaired) electrons. The third-order valence-corrected chi connectivity index (χ3v) is 5.77. The van der Waals surface area contributed by atoms with Crippen LogP contribution in [-0.2, 0) is 12.6 Å². The number of hydrogen-bond acceptors (Lipinski definition) is 2. The van der Waals surface area contributed by atoms with Gasteiger partial charge >= 0.3 is 0 Å². The van der Waals surface area contributed by atoms with Crippen molar-refractivity contribution in [1.82, 2.24) is 0 Å². The summed E-state index contributed by atoms with van der Waals surface area (Å²) in [5.41, 5.74) is 13.5. The first-order valence-corrected chi connectivity index (χ1v) is 15.1. The molecule has 42 heavy (non-hydrogen) atoms. The van der Waals surface area contributed by atoms with Gasteiger partial charge in [0.2, 0.25) is 0 Å². The first-order chi connectivity index (χ1) is 20.1. The Bertz CT molecular complexity index is 710. The summed E-state index contributed by atoms with van der Waals surface area (Å²) in [7, 11) is 0. The zero-order chi connectivity index (χ0) is 31.1. The molecule has 0 aliphatic heterocycles. The number of nitrogens with zero attached hydrogens (tertiary/aromatic N) is 5. The van der Waals surface area contributed by atoms with Crippen molar-refractivity contribution in [3.63, 3.8) is 0 Å². The Morgan fingerprint density at radius 2 is 0.762 bits per heavy atom. The molecular weight excluding hydrogens is 730 g/mol. The SMILES string of the molecule is CCCC[N+](CCCC)(CCCC)CCCC.N#C[S-].[N-]=[N+]=[N-].[Pb].[c-]1ccccc1.[c-]1ccccc1.[c-]1ccccc1. The monoisotopic (exact) mass is 781 g/mol. The number of benzene rings is 3. The van der Waals surface area contributed by atoms with Crippen LogP contribution in [0.5, 0.6) is 0 Å². The van der Waals surface area contributed by atoms with Crippen LogP contribution in [0, 0.1) is 28.9 Å². The molecule has 0 aliphatic carbocycles. The van der Waals surface area contributed by atoms with Crippen LogP contribution in [0.3, 0.4) is 0 Å². The molecule has 230 valence electrons. The van der Waals surface area contributed by atoms with Crippen LogP contribution in [-0.4, -0.2) is 58.0 Å². The van der Waals surface area contributed by atoms with E-state index in [1.807, 2.05) is 91.0 Å². The van der Waals surface area contributed by atoms with Gasteiger partial charge in [-0.3, -0.25) is 4.91 Å². The Balaban J connectivity index is -0.000000236. The minimum absolute atomic E-state index is 0. The van der Waals surface area contributed by atoms with Crippen LogP contribution in [0.4, 0.5) is 0 Å². The molecule has 0 heterocycles. The Morgan fingerprint density at radius 1 is 0.571 bits per heavy atom. The van der Waals surface area contributed by atoms with Crippen LogP contribution in [0.15, 0.2) is 91.0 Å². The van der Waals surface area contributed by atoms with Gasteiger partial charge in [-0.05, 0) is 25.7 Å². The predicted molar refractivity (Wildman–Crippen MR) is 184 cm³/mol. The summed E-state index contributed by atoms with van der Waals surface area (Å²) in [4.78, 5) is 1.50. The first kappa shape index (κ1) is 46.5. The van der Waals surface area contributed by atoms with Crippen molar-refractivity contribution in [3.8, 4) is 5.40 Å². The Labute approximate surface area is 284 Å². The smallest absolute Gasteiger partial charge is 0.0786 e. The number of quaternary nitrogens is 1. The van der Waals surface area contributed by atoms with Crippen molar-refractivity contribution in [3.05, 3.63) is 125 Å². The second-order valence-electron chi connectivity index (χ2n) is 9.06. The van der Waals surface area contributed by atoms with Crippen molar-refractivity contribution < 1.29 is 4.48 Å². The number of rotatable bonds is 12. The molecule has 0 aromatic heterocycles. The number of unbranched alkanes of at least 4 members (excludes halogenated alkanes) is 4. The minimum Gasteiger partial charge on any atom is -0.696 e. The molecule has 0 N–H and O–H groups in total. The molecule has 3 aromatic rings. The van der Waals surface area contributed by atoms with Gasteiger partial charge in [0, 0.05) is 27.3 Å².